The van der Waals surface area contributed by atoms with Gasteiger partial charge in [-0.05, 0) is 47.9 Å². The number of hydrogen-bond acceptors (Lipinski definition) is 7. The van der Waals surface area contributed by atoms with Crippen molar-refractivity contribution in [3.8, 4) is 0 Å². The second kappa shape index (κ2) is 10.7. The molecule has 2 aromatic carbocycles. The molecule has 1 aliphatic rings. The molecule has 0 atom stereocenters. The lowest BCUT2D eigenvalue weighted by Gasteiger charge is -2.27. The van der Waals surface area contributed by atoms with Crippen LogP contribution in [0.5, 0.6) is 0 Å². The summed E-state index contributed by atoms with van der Waals surface area (Å²) in [7, 11) is 0. The van der Waals surface area contributed by atoms with E-state index in [2.05, 4.69) is 25.8 Å². The van der Waals surface area contributed by atoms with Crippen molar-refractivity contribution in [1.82, 2.24) is 9.97 Å². The number of halogens is 4. The van der Waals surface area contributed by atoms with E-state index in [1.807, 2.05) is 19.1 Å². The van der Waals surface area contributed by atoms with Crippen LogP contribution in [0.1, 0.15) is 23.6 Å². The molecule has 0 amide bonds. The summed E-state index contributed by atoms with van der Waals surface area (Å²) in [5.41, 5.74) is 4.75. The van der Waals surface area contributed by atoms with Crippen LogP contribution < -0.4 is 15.6 Å². The minimum Gasteiger partial charge on any atom is -0.378 e. The van der Waals surface area contributed by atoms with Gasteiger partial charge in [0, 0.05) is 24.5 Å². The van der Waals surface area contributed by atoms with Gasteiger partial charge in [0.1, 0.15) is 0 Å². The van der Waals surface area contributed by atoms with Crippen molar-refractivity contribution in [2.75, 3.05) is 41.9 Å². The summed E-state index contributed by atoms with van der Waals surface area (Å²) in [4.78, 5) is 9.95. The molecule has 1 fully saturated rings. The van der Waals surface area contributed by atoms with Gasteiger partial charge >= 0.3 is 6.18 Å². The summed E-state index contributed by atoms with van der Waals surface area (Å²) in [6, 6.07) is 10.5. The molecule has 0 spiro atoms. The number of anilines is 4. The minimum atomic E-state index is -4.41. The van der Waals surface area contributed by atoms with Crippen LogP contribution >= 0.6 is 0 Å². The van der Waals surface area contributed by atoms with Gasteiger partial charge in [0.15, 0.2) is 11.6 Å². The van der Waals surface area contributed by atoms with Crippen molar-refractivity contribution in [3.63, 3.8) is 0 Å². The first-order valence-corrected chi connectivity index (χ1v) is 11.0. The van der Waals surface area contributed by atoms with Crippen LogP contribution in [0.15, 0.2) is 53.8 Å². The SMILES string of the molecule is CCc1cc(Nc2cccc(C(F)(F)F)c2)ccc1/C=N/Nc1ncc(F)c(N2CCOCC2)n1. The molecule has 0 radical (unpaired) electrons. The highest BCUT2D eigenvalue weighted by Crippen LogP contribution is 2.31. The summed E-state index contributed by atoms with van der Waals surface area (Å²) in [5, 5.41) is 7.19. The third-order valence-electron chi connectivity index (χ3n) is 5.41. The Balaban J connectivity index is 1.45. The van der Waals surface area contributed by atoms with Crippen LogP contribution in [0, 0.1) is 5.82 Å². The summed E-state index contributed by atoms with van der Waals surface area (Å²) < 4.78 is 58.4. The van der Waals surface area contributed by atoms with Gasteiger partial charge in [-0.15, -0.1) is 0 Å². The molecule has 7 nitrogen and oxygen atoms in total. The molecule has 2 N–H and O–H groups in total. The largest absolute Gasteiger partial charge is 0.416 e. The van der Waals surface area contributed by atoms with Gasteiger partial charge in [-0.1, -0.05) is 19.1 Å². The first-order chi connectivity index (χ1) is 16.8. The zero-order valence-electron chi connectivity index (χ0n) is 18.9. The van der Waals surface area contributed by atoms with Crippen molar-refractivity contribution in [3.05, 3.63) is 71.2 Å². The van der Waals surface area contributed by atoms with Crippen molar-refractivity contribution in [1.29, 1.82) is 0 Å². The standard InChI is InChI=1S/C24H24F4N6O/c1-2-16-12-20(31-19-5-3-4-18(13-19)24(26,27)28)7-6-17(16)14-30-33-23-29-15-21(25)22(32-23)34-8-10-35-11-9-34/h3-7,12-15,31H,2,8-11H2,1H3,(H,29,32,33)/b30-14+. The van der Waals surface area contributed by atoms with Crippen LogP contribution in [-0.2, 0) is 17.3 Å². The normalized spacial score (nSPS) is 14.4. The number of ether oxygens (including phenoxy) is 1. The molecule has 1 saturated heterocycles. The second-order valence-corrected chi connectivity index (χ2v) is 7.81. The average Bonchev–Trinajstić information content (AvgIpc) is 2.86. The molecule has 184 valence electrons. The van der Waals surface area contributed by atoms with Gasteiger partial charge in [0.05, 0.1) is 31.2 Å². The van der Waals surface area contributed by atoms with Crippen LogP contribution in [0.2, 0.25) is 0 Å². The molecular weight excluding hydrogens is 464 g/mol. The highest BCUT2D eigenvalue weighted by atomic mass is 19.4. The van der Waals surface area contributed by atoms with E-state index in [9.17, 15) is 17.6 Å². The Morgan fingerprint density at radius 3 is 2.63 bits per heavy atom. The predicted octanol–water partition coefficient (Wildman–Crippen LogP) is 5.22. The minimum absolute atomic E-state index is 0.157. The molecular formula is C24H24F4N6O. The third-order valence-corrected chi connectivity index (χ3v) is 5.41. The molecule has 2 heterocycles. The summed E-state index contributed by atoms with van der Waals surface area (Å²) in [5.74, 6) is -0.163. The van der Waals surface area contributed by atoms with Crippen LogP contribution in [0.4, 0.5) is 40.7 Å². The Morgan fingerprint density at radius 2 is 1.89 bits per heavy atom. The molecule has 1 aromatic heterocycles. The van der Waals surface area contributed by atoms with Gasteiger partial charge < -0.3 is 15.0 Å². The van der Waals surface area contributed by atoms with E-state index in [-0.39, 0.29) is 11.8 Å². The molecule has 0 unspecified atom stereocenters. The van der Waals surface area contributed by atoms with Gasteiger partial charge in [0.25, 0.3) is 0 Å². The fourth-order valence-electron chi connectivity index (χ4n) is 3.62. The molecule has 4 rings (SSSR count). The maximum atomic E-state index is 14.2. The molecule has 0 bridgehead atoms. The van der Waals surface area contributed by atoms with Gasteiger partial charge in [-0.25, -0.2) is 14.8 Å². The fraction of sp³-hybridized carbons (Fsp3) is 0.292. The highest BCUT2D eigenvalue weighted by Gasteiger charge is 2.30. The predicted molar refractivity (Wildman–Crippen MR) is 127 cm³/mol. The number of aromatic nitrogens is 2. The monoisotopic (exact) mass is 488 g/mol. The topological polar surface area (TPSA) is 74.7 Å². The van der Waals surface area contributed by atoms with Crippen LogP contribution in [-0.4, -0.2) is 42.5 Å². The number of morpholine rings is 1. The number of nitrogens with zero attached hydrogens (tertiary/aromatic N) is 4. The van der Waals surface area contributed by atoms with Gasteiger partial charge in [-0.2, -0.15) is 23.3 Å². The van der Waals surface area contributed by atoms with E-state index < -0.39 is 17.6 Å². The molecule has 0 saturated carbocycles. The summed E-state index contributed by atoms with van der Waals surface area (Å²) >= 11 is 0. The van der Waals surface area contributed by atoms with E-state index in [1.165, 1.54) is 6.07 Å². The van der Waals surface area contributed by atoms with Crippen LogP contribution in [0.3, 0.4) is 0 Å². The number of benzene rings is 2. The van der Waals surface area contributed by atoms with Crippen LogP contribution in [0.25, 0.3) is 0 Å². The Morgan fingerprint density at radius 1 is 1.11 bits per heavy atom. The van der Waals surface area contributed by atoms with E-state index >= 15 is 0 Å². The number of aryl methyl sites for hydroxylation is 1. The Hall–Kier alpha value is -3.73. The molecule has 1 aliphatic heterocycles. The van der Waals surface area contributed by atoms with Crippen molar-refractivity contribution >= 4 is 29.4 Å². The highest BCUT2D eigenvalue weighted by molar-refractivity contribution is 5.83. The lowest BCUT2D eigenvalue weighted by molar-refractivity contribution is -0.137. The smallest absolute Gasteiger partial charge is 0.378 e. The lowest BCUT2D eigenvalue weighted by atomic mass is 10.0. The molecule has 0 aliphatic carbocycles. The van der Waals surface area contributed by atoms with Gasteiger partial charge in [-0.3, -0.25) is 0 Å². The second-order valence-electron chi connectivity index (χ2n) is 7.81. The van der Waals surface area contributed by atoms with E-state index in [1.54, 1.807) is 23.2 Å². The maximum Gasteiger partial charge on any atom is 0.416 e. The quantitative estimate of drug-likeness (QED) is 0.270. The zero-order valence-corrected chi connectivity index (χ0v) is 18.9. The summed E-state index contributed by atoms with van der Waals surface area (Å²) in [6.45, 7) is 4.05. The lowest BCUT2D eigenvalue weighted by Crippen LogP contribution is -2.37. The molecule has 35 heavy (non-hydrogen) atoms. The Bertz CT molecular complexity index is 1190. The third kappa shape index (κ3) is 6.24. The first-order valence-electron chi connectivity index (χ1n) is 11.0. The summed E-state index contributed by atoms with van der Waals surface area (Å²) in [6.07, 6.45) is -1.04. The Labute approximate surface area is 199 Å². The van der Waals surface area contributed by atoms with Crippen molar-refractivity contribution in [2.24, 2.45) is 5.10 Å². The molecule has 3 aromatic rings. The van der Waals surface area contributed by atoms with E-state index in [0.29, 0.717) is 44.1 Å². The number of rotatable bonds is 7. The first kappa shape index (κ1) is 24.4. The van der Waals surface area contributed by atoms with Gasteiger partial charge in [0.2, 0.25) is 5.95 Å². The van der Waals surface area contributed by atoms with Crippen molar-refractivity contribution < 1.29 is 22.3 Å². The fourth-order valence-corrected chi connectivity index (χ4v) is 3.62. The molecule has 11 heteroatoms. The number of hydrazone groups is 1. The van der Waals surface area contributed by atoms with Crippen molar-refractivity contribution in [2.45, 2.75) is 19.5 Å². The number of alkyl halides is 3. The maximum absolute atomic E-state index is 14.2. The van der Waals surface area contributed by atoms with E-state index in [0.717, 1.165) is 29.5 Å². The van der Waals surface area contributed by atoms with E-state index in [4.69, 9.17) is 4.74 Å². The average molecular weight is 488 g/mol. The zero-order chi connectivity index (χ0) is 24.8. The number of nitrogens with one attached hydrogen (secondary N) is 2. The Kier molecular flexibility index (Phi) is 7.45. The number of hydrogen-bond donors (Lipinski definition) is 2.